The number of carboxylic acids is 1. The molecule has 1 saturated heterocycles. The van der Waals surface area contributed by atoms with Gasteiger partial charge in [0.2, 0.25) is 10.0 Å². The zero-order valence-electron chi connectivity index (χ0n) is 14.9. The maximum Gasteiger partial charge on any atom is 0.335 e. The first-order chi connectivity index (χ1) is 13.6. The van der Waals surface area contributed by atoms with Crippen molar-refractivity contribution in [2.45, 2.75) is 9.79 Å². The number of hydrogen-bond donors (Lipinski definition) is 2. The minimum Gasteiger partial charge on any atom is -0.478 e. The van der Waals surface area contributed by atoms with E-state index in [0.29, 0.717) is 0 Å². The number of anilines is 1. The van der Waals surface area contributed by atoms with Gasteiger partial charge in [-0.3, -0.25) is 4.72 Å². The van der Waals surface area contributed by atoms with E-state index in [1.54, 1.807) is 0 Å². The van der Waals surface area contributed by atoms with Gasteiger partial charge in [-0.1, -0.05) is 17.7 Å². The fraction of sp³-hybridized carbons (Fsp3) is 0.235. The third-order valence-corrected chi connectivity index (χ3v) is 7.77. The Bertz CT molecular complexity index is 1140. The predicted octanol–water partition coefficient (Wildman–Crippen LogP) is 1.86. The molecule has 0 saturated carbocycles. The van der Waals surface area contributed by atoms with Crippen LogP contribution < -0.4 is 4.72 Å². The molecule has 1 aliphatic rings. The zero-order chi connectivity index (χ0) is 21.2. The van der Waals surface area contributed by atoms with E-state index in [1.165, 1.54) is 34.6 Å². The smallest absolute Gasteiger partial charge is 0.335 e. The largest absolute Gasteiger partial charge is 0.478 e. The van der Waals surface area contributed by atoms with Crippen molar-refractivity contribution in [3.63, 3.8) is 0 Å². The predicted molar refractivity (Wildman–Crippen MR) is 105 cm³/mol. The third kappa shape index (κ3) is 4.70. The van der Waals surface area contributed by atoms with Gasteiger partial charge in [0.1, 0.15) is 0 Å². The summed E-state index contributed by atoms with van der Waals surface area (Å²) in [4.78, 5) is 10.7. The molecule has 3 rings (SSSR count). The molecule has 2 aromatic carbocycles. The standard InChI is InChI=1S/C17H17ClN2O7S2/c18-15-5-4-14(29(25,26)20-6-8-27-9-7-20)11-16(15)19-28(23,24)13-3-1-2-12(10-13)17(21)22/h1-5,10-11,19H,6-9H2,(H,21,22). The van der Waals surface area contributed by atoms with Crippen LogP contribution in [0.2, 0.25) is 5.02 Å². The first-order valence-electron chi connectivity index (χ1n) is 8.35. The highest BCUT2D eigenvalue weighted by atomic mass is 35.5. The monoisotopic (exact) mass is 460 g/mol. The van der Waals surface area contributed by atoms with E-state index in [4.69, 9.17) is 21.4 Å². The van der Waals surface area contributed by atoms with Gasteiger partial charge in [0.05, 0.1) is 39.3 Å². The molecule has 2 N–H and O–H groups in total. The van der Waals surface area contributed by atoms with Gasteiger partial charge in [0, 0.05) is 13.1 Å². The molecule has 0 radical (unpaired) electrons. The normalized spacial score (nSPS) is 15.8. The van der Waals surface area contributed by atoms with Crippen molar-refractivity contribution in [1.29, 1.82) is 0 Å². The minimum absolute atomic E-state index is 0.0103. The molecule has 0 bridgehead atoms. The van der Waals surface area contributed by atoms with Crippen LogP contribution in [0.15, 0.2) is 52.3 Å². The topological polar surface area (TPSA) is 130 Å². The summed E-state index contributed by atoms with van der Waals surface area (Å²) in [7, 11) is -8.06. The number of aromatic carboxylic acids is 1. The molecule has 0 aliphatic carbocycles. The summed E-state index contributed by atoms with van der Waals surface area (Å²) in [6.45, 7) is 0.917. The maximum absolute atomic E-state index is 12.8. The molecular formula is C17H17ClN2O7S2. The number of halogens is 1. The molecular weight excluding hydrogens is 444 g/mol. The molecule has 12 heteroatoms. The number of nitrogens with one attached hydrogen (secondary N) is 1. The van der Waals surface area contributed by atoms with E-state index in [1.807, 2.05) is 0 Å². The second kappa shape index (κ2) is 8.28. The third-order valence-electron chi connectivity index (χ3n) is 4.18. The molecule has 0 spiro atoms. The van der Waals surface area contributed by atoms with Crippen LogP contribution in [-0.2, 0) is 24.8 Å². The van der Waals surface area contributed by atoms with Gasteiger partial charge >= 0.3 is 5.97 Å². The molecule has 156 valence electrons. The summed E-state index contributed by atoms with van der Waals surface area (Å²) in [5.74, 6) is -1.28. The summed E-state index contributed by atoms with van der Waals surface area (Å²) in [5.41, 5.74) is -0.343. The lowest BCUT2D eigenvalue weighted by Crippen LogP contribution is -2.40. The molecule has 9 nitrogen and oxygen atoms in total. The first-order valence-corrected chi connectivity index (χ1v) is 11.6. The lowest BCUT2D eigenvalue weighted by Gasteiger charge is -2.26. The van der Waals surface area contributed by atoms with Gasteiger partial charge in [0.15, 0.2) is 0 Å². The van der Waals surface area contributed by atoms with Crippen molar-refractivity contribution < 1.29 is 31.5 Å². The molecule has 2 aromatic rings. The Kier molecular flexibility index (Phi) is 6.15. The Morgan fingerprint density at radius 1 is 1.03 bits per heavy atom. The number of rotatable bonds is 6. The number of hydrogen-bond acceptors (Lipinski definition) is 6. The van der Waals surface area contributed by atoms with Crippen LogP contribution in [0.3, 0.4) is 0 Å². The van der Waals surface area contributed by atoms with E-state index in [2.05, 4.69) is 4.72 Å². The minimum atomic E-state index is -4.21. The molecule has 29 heavy (non-hydrogen) atoms. The molecule has 0 unspecified atom stereocenters. The summed E-state index contributed by atoms with van der Waals surface area (Å²) < 4.78 is 59.5. The highest BCUT2D eigenvalue weighted by Crippen LogP contribution is 2.29. The Morgan fingerprint density at radius 2 is 1.72 bits per heavy atom. The van der Waals surface area contributed by atoms with Crippen molar-refractivity contribution >= 4 is 43.3 Å². The Hall–Kier alpha value is -2.18. The van der Waals surface area contributed by atoms with E-state index < -0.39 is 26.0 Å². The van der Waals surface area contributed by atoms with Crippen LogP contribution in [0.25, 0.3) is 0 Å². The number of carbonyl (C=O) groups is 1. The quantitative estimate of drug-likeness (QED) is 0.672. The average Bonchev–Trinajstić information content (AvgIpc) is 2.70. The second-order valence-electron chi connectivity index (χ2n) is 6.10. The number of benzene rings is 2. The number of carboxylic acid groups (broad SMARTS) is 1. The fourth-order valence-corrected chi connectivity index (χ4v) is 5.45. The highest BCUT2D eigenvalue weighted by Gasteiger charge is 2.27. The summed E-state index contributed by atoms with van der Waals surface area (Å²) in [6.07, 6.45) is 0. The van der Waals surface area contributed by atoms with Crippen LogP contribution in [0.5, 0.6) is 0 Å². The molecule has 0 amide bonds. The van der Waals surface area contributed by atoms with Crippen molar-refractivity contribution in [3.05, 3.63) is 53.1 Å². The van der Waals surface area contributed by atoms with Gasteiger partial charge in [-0.25, -0.2) is 21.6 Å². The lowest BCUT2D eigenvalue weighted by molar-refractivity contribution is 0.0696. The zero-order valence-corrected chi connectivity index (χ0v) is 17.3. The Balaban J connectivity index is 1.94. The summed E-state index contributed by atoms with van der Waals surface area (Å²) in [5, 5.41) is 9.03. The molecule has 0 atom stereocenters. The van der Waals surface area contributed by atoms with Crippen LogP contribution in [0.4, 0.5) is 5.69 Å². The van der Waals surface area contributed by atoms with Gasteiger partial charge in [0.25, 0.3) is 10.0 Å². The van der Waals surface area contributed by atoms with Crippen molar-refractivity contribution in [2.75, 3.05) is 31.0 Å². The van der Waals surface area contributed by atoms with E-state index >= 15 is 0 Å². The Morgan fingerprint density at radius 3 is 2.38 bits per heavy atom. The van der Waals surface area contributed by atoms with Crippen molar-refractivity contribution in [1.82, 2.24) is 4.31 Å². The van der Waals surface area contributed by atoms with Gasteiger partial charge in [-0.05, 0) is 36.4 Å². The summed E-state index contributed by atoms with van der Waals surface area (Å²) >= 11 is 6.06. The maximum atomic E-state index is 12.8. The van der Waals surface area contributed by atoms with E-state index in [0.717, 1.165) is 12.1 Å². The van der Waals surface area contributed by atoms with Gasteiger partial charge in [-0.2, -0.15) is 4.31 Å². The summed E-state index contributed by atoms with van der Waals surface area (Å²) in [6, 6.07) is 8.45. The lowest BCUT2D eigenvalue weighted by atomic mass is 10.2. The molecule has 1 aliphatic heterocycles. The van der Waals surface area contributed by atoms with E-state index in [-0.39, 0.29) is 52.4 Å². The van der Waals surface area contributed by atoms with Gasteiger partial charge < -0.3 is 9.84 Å². The van der Waals surface area contributed by atoms with Crippen LogP contribution in [0.1, 0.15) is 10.4 Å². The Labute approximate surface area is 173 Å². The van der Waals surface area contributed by atoms with Crippen LogP contribution >= 0.6 is 11.6 Å². The highest BCUT2D eigenvalue weighted by molar-refractivity contribution is 7.92. The number of ether oxygens (including phenoxy) is 1. The van der Waals surface area contributed by atoms with Crippen LogP contribution in [0, 0.1) is 0 Å². The van der Waals surface area contributed by atoms with E-state index in [9.17, 15) is 21.6 Å². The average molecular weight is 461 g/mol. The molecule has 1 heterocycles. The number of nitrogens with zero attached hydrogens (tertiary/aromatic N) is 1. The fourth-order valence-electron chi connectivity index (χ4n) is 2.68. The number of sulfonamides is 2. The molecule has 1 fully saturated rings. The molecule has 0 aromatic heterocycles. The first kappa shape index (κ1) is 21.5. The second-order valence-corrected chi connectivity index (χ2v) is 10.1. The van der Waals surface area contributed by atoms with Crippen LogP contribution in [-0.4, -0.2) is 58.5 Å². The SMILES string of the molecule is O=C(O)c1cccc(S(=O)(=O)Nc2cc(S(=O)(=O)N3CCOCC3)ccc2Cl)c1. The number of morpholine rings is 1. The van der Waals surface area contributed by atoms with Crippen molar-refractivity contribution in [3.8, 4) is 0 Å². The van der Waals surface area contributed by atoms with Gasteiger partial charge in [-0.15, -0.1) is 0 Å². The van der Waals surface area contributed by atoms with Crippen molar-refractivity contribution in [2.24, 2.45) is 0 Å².